The number of rotatable bonds is 3. The van der Waals surface area contributed by atoms with Gasteiger partial charge in [0.25, 0.3) is 0 Å². The highest BCUT2D eigenvalue weighted by molar-refractivity contribution is 5.30. The van der Waals surface area contributed by atoms with E-state index in [4.69, 9.17) is 10.8 Å². The lowest BCUT2D eigenvalue weighted by atomic mass is 10.0. The van der Waals surface area contributed by atoms with Crippen molar-refractivity contribution in [2.24, 2.45) is 5.73 Å². The molecule has 0 bridgehead atoms. The first-order chi connectivity index (χ1) is 6.56. The van der Waals surface area contributed by atoms with Crippen LogP contribution in [0.3, 0.4) is 0 Å². The Balaban J connectivity index is 2.91. The molecule has 0 unspecified atom stereocenters. The van der Waals surface area contributed by atoms with Gasteiger partial charge in [0.1, 0.15) is 0 Å². The topological polar surface area (TPSA) is 66.5 Å². The van der Waals surface area contributed by atoms with Gasteiger partial charge in [0.15, 0.2) is 11.6 Å². The first-order valence-electron chi connectivity index (χ1n) is 4.48. The van der Waals surface area contributed by atoms with Gasteiger partial charge in [-0.15, -0.1) is 0 Å². The normalized spacial score (nSPS) is 15.1. The number of benzene rings is 1. The lowest BCUT2D eigenvalue weighted by molar-refractivity contribution is 0.144. The van der Waals surface area contributed by atoms with Crippen molar-refractivity contribution in [2.75, 3.05) is 0 Å². The van der Waals surface area contributed by atoms with Crippen molar-refractivity contribution in [3.05, 3.63) is 29.6 Å². The molecule has 78 valence electrons. The van der Waals surface area contributed by atoms with Crippen LogP contribution in [0, 0.1) is 5.82 Å². The van der Waals surface area contributed by atoms with Crippen LogP contribution in [0.4, 0.5) is 4.39 Å². The Bertz CT molecular complexity index is 317. The molecular formula is C10H14FNO2. The number of aliphatic hydroxyl groups excluding tert-OH is 1. The molecule has 2 atom stereocenters. The molecule has 0 aliphatic heterocycles. The van der Waals surface area contributed by atoms with Crippen LogP contribution in [0.2, 0.25) is 0 Å². The number of hydrogen-bond donors (Lipinski definition) is 3. The maximum absolute atomic E-state index is 12.7. The molecule has 0 heterocycles. The fourth-order valence-electron chi connectivity index (χ4n) is 1.18. The van der Waals surface area contributed by atoms with Crippen LogP contribution >= 0.6 is 0 Å². The highest BCUT2D eigenvalue weighted by Crippen LogP contribution is 2.23. The monoisotopic (exact) mass is 199 g/mol. The summed E-state index contributed by atoms with van der Waals surface area (Å²) in [4.78, 5) is 0. The summed E-state index contributed by atoms with van der Waals surface area (Å²) in [5, 5.41) is 18.7. The minimum Gasteiger partial charge on any atom is -0.505 e. The second-order valence-electron chi connectivity index (χ2n) is 3.23. The summed E-state index contributed by atoms with van der Waals surface area (Å²) in [5.74, 6) is -1.17. The number of nitrogens with two attached hydrogens (primary N) is 1. The standard InChI is InChI=1S/C10H14FNO2/c1-2-8(12)10(14)6-3-4-7(11)9(13)5-6/h3-5,8,10,13-14H,2,12H2,1H3/t8-,10+/m0/s1. The van der Waals surface area contributed by atoms with Crippen molar-refractivity contribution in [3.63, 3.8) is 0 Å². The Morgan fingerprint density at radius 1 is 1.50 bits per heavy atom. The van der Waals surface area contributed by atoms with E-state index < -0.39 is 23.7 Å². The quantitative estimate of drug-likeness (QED) is 0.687. The molecule has 14 heavy (non-hydrogen) atoms. The molecule has 0 amide bonds. The summed E-state index contributed by atoms with van der Waals surface area (Å²) in [7, 11) is 0. The van der Waals surface area contributed by atoms with Crippen LogP contribution in [0.1, 0.15) is 25.0 Å². The number of aromatic hydroxyl groups is 1. The zero-order chi connectivity index (χ0) is 10.7. The second kappa shape index (κ2) is 4.39. The third-order valence-electron chi connectivity index (χ3n) is 2.19. The average molecular weight is 199 g/mol. The van der Waals surface area contributed by atoms with E-state index in [1.807, 2.05) is 6.92 Å². The van der Waals surface area contributed by atoms with E-state index in [1.54, 1.807) is 0 Å². The number of halogens is 1. The smallest absolute Gasteiger partial charge is 0.164 e. The SMILES string of the molecule is CC[C@H](N)[C@H](O)c1ccc(F)c(O)c1. The number of phenolic OH excluding ortho intramolecular Hbond substituents is 1. The average Bonchev–Trinajstić information content (AvgIpc) is 2.20. The predicted octanol–water partition coefficient (Wildman–Crippen LogP) is 1.30. The lowest BCUT2D eigenvalue weighted by Gasteiger charge is -2.17. The molecule has 0 aliphatic rings. The highest BCUT2D eigenvalue weighted by Gasteiger charge is 2.16. The minimum absolute atomic E-state index is 0.403. The Kier molecular flexibility index (Phi) is 3.43. The van der Waals surface area contributed by atoms with Crippen molar-refractivity contribution in [3.8, 4) is 5.75 Å². The zero-order valence-corrected chi connectivity index (χ0v) is 7.94. The second-order valence-corrected chi connectivity index (χ2v) is 3.23. The van der Waals surface area contributed by atoms with Gasteiger partial charge >= 0.3 is 0 Å². The zero-order valence-electron chi connectivity index (χ0n) is 7.94. The first kappa shape index (κ1) is 10.9. The predicted molar refractivity (Wildman–Crippen MR) is 51.3 cm³/mol. The van der Waals surface area contributed by atoms with E-state index in [0.29, 0.717) is 12.0 Å². The Morgan fingerprint density at radius 3 is 2.64 bits per heavy atom. The summed E-state index contributed by atoms with van der Waals surface area (Å²) in [6.45, 7) is 1.84. The Hall–Kier alpha value is -1.13. The molecule has 0 fully saturated rings. The molecule has 0 spiro atoms. The van der Waals surface area contributed by atoms with Gasteiger partial charge in [0, 0.05) is 6.04 Å². The molecule has 0 aromatic heterocycles. The molecule has 4 heteroatoms. The van der Waals surface area contributed by atoms with Crippen molar-refractivity contribution in [1.82, 2.24) is 0 Å². The Morgan fingerprint density at radius 2 is 2.14 bits per heavy atom. The summed E-state index contributed by atoms with van der Waals surface area (Å²) in [6.07, 6.45) is -0.259. The van der Waals surface area contributed by atoms with E-state index in [-0.39, 0.29) is 0 Å². The van der Waals surface area contributed by atoms with Gasteiger partial charge < -0.3 is 15.9 Å². The number of aliphatic hydroxyl groups is 1. The van der Waals surface area contributed by atoms with Crippen molar-refractivity contribution < 1.29 is 14.6 Å². The van der Waals surface area contributed by atoms with E-state index in [9.17, 15) is 9.50 Å². The summed E-state index contributed by atoms with van der Waals surface area (Å²) in [6, 6.07) is 3.31. The molecule has 0 aliphatic carbocycles. The molecule has 1 rings (SSSR count). The molecule has 0 saturated carbocycles. The fraction of sp³-hybridized carbons (Fsp3) is 0.400. The molecule has 3 nitrogen and oxygen atoms in total. The fourth-order valence-corrected chi connectivity index (χ4v) is 1.18. The van der Waals surface area contributed by atoms with Crippen LogP contribution in [0.25, 0.3) is 0 Å². The highest BCUT2D eigenvalue weighted by atomic mass is 19.1. The van der Waals surface area contributed by atoms with Crippen LogP contribution in [-0.4, -0.2) is 16.3 Å². The molecule has 1 aromatic carbocycles. The largest absolute Gasteiger partial charge is 0.505 e. The van der Waals surface area contributed by atoms with Gasteiger partial charge in [0.2, 0.25) is 0 Å². The minimum atomic E-state index is -0.869. The molecular weight excluding hydrogens is 185 g/mol. The van der Waals surface area contributed by atoms with Gasteiger partial charge in [-0.2, -0.15) is 0 Å². The van der Waals surface area contributed by atoms with E-state index >= 15 is 0 Å². The maximum atomic E-state index is 12.7. The van der Waals surface area contributed by atoms with Gasteiger partial charge in [-0.1, -0.05) is 13.0 Å². The molecule has 4 N–H and O–H groups in total. The number of phenols is 1. The van der Waals surface area contributed by atoms with Crippen LogP contribution < -0.4 is 5.73 Å². The van der Waals surface area contributed by atoms with E-state index in [0.717, 1.165) is 6.07 Å². The number of hydrogen-bond acceptors (Lipinski definition) is 3. The summed E-state index contributed by atoms with van der Waals surface area (Å²) >= 11 is 0. The van der Waals surface area contributed by atoms with Crippen LogP contribution in [-0.2, 0) is 0 Å². The lowest BCUT2D eigenvalue weighted by Crippen LogP contribution is -2.27. The molecule has 0 radical (unpaired) electrons. The van der Waals surface area contributed by atoms with Gasteiger partial charge in [-0.3, -0.25) is 0 Å². The summed E-state index contributed by atoms with van der Waals surface area (Å²) in [5.41, 5.74) is 6.04. The molecule has 0 saturated heterocycles. The summed E-state index contributed by atoms with van der Waals surface area (Å²) < 4.78 is 12.7. The van der Waals surface area contributed by atoms with Crippen molar-refractivity contribution >= 4 is 0 Å². The van der Waals surface area contributed by atoms with E-state index in [2.05, 4.69) is 0 Å². The van der Waals surface area contributed by atoms with Crippen LogP contribution in [0.5, 0.6) is 5.75 Å². The van der Waals surface area contributed by atoms with Crippen molar-refractivity contribution in [2.45, 2.75) is 25.5 Å². The Labute approximate surface area is 82.0 Å². The van der Waals surface area contributed by atoms with Crippen LogP contribution in [0.15, 0.2) is 18.2 Å². The third kappa shape index (κ3) is 2.21. The third-order valence-corrected chi connectivity index (χ3v) is 2.19. The van der Waals surface area contributed by atoms with E-state index in [1.165, 1.54) is 12.1 Å². The maximum Gasteiger partial charge on any atom is 0.164 e. The van der Waals surface area contributed by atoms with Gasteiger partial charge in [-0.25, -0.2) is 4.39 Å². The first-order valence-corrected chi connectivity index (χ1v) is 4.48. The van der Waals surface area contributed by atoms with Gasteiger partial charge in [-0.05, 0) is 24.1 Å². The van der Waals surface area contributed by atoms with Crippen molar-refractivity contribution in [1.29, 1.82) is 0 Å². The van der Waals surface area contributed by atoms with Gasteiger partial charge in [0.05, 0.1) is 6.10 Å². The molecule has 1 aromatic rings.